The van der Waals surface area contributed by atoms with Crippen molar-refractivity contribution in [2.45, 2.75) is 26.3 Å². The summed E-state index contributed by atoms with van der Waals surface area (Å²) in [7, 11) is 0. The van der Waals surface area contributed by atoms with Gasteiger partial charge in [-0.15, -0.1) is 12.4 Å². The summed E-state index contributed by atoms with van der Waals surface area (Å²) in [6, 6.07) is 6.53. The molecule has 0 aromatic heterocycles. The fourth-order valence-corrected chi connectivity index (χ4v) is 1.31. The van der Waals surface area contributed by atoms with E-state index in [-0.39, 0.29) is 24.3 Å². The van der Waals surface area contributed by atoms with Gasteiger partial charge >= 0.3 is 0 Å². The minimum Gasteiger partial charge on any atom is -0.324 e. The van der Waals surface area contributed by atoms with E-state index in [1.54, 1.807) is 12.1 Å². The molecule has 1 aromatic carbocycles. The Labute approximate surface area is 90.9 Å². The topological polar surface area (TPSA) is 26.0 Å². The Bertz CT molecular complexity index is 278. The Kier molecular flexibility index (Phi) is 5.73. The van der Waals surface area contributed by atoms with E-state index in [0.29, 0.717) is 11.5 Å². The van der Waals surface area contributed by atoms with Crippen LogP contribution in [-0.4, -0.2) is 0 Å². The molecule has 0 amide bonds. The second-order valence-electron chi connectivity index (χ2n) is 3.43. The van der Waals surface area contributed by atoms with Gasteiger partial charge in [-0.25, -0.2) is 4.39 Å². The van der Waals surface area contributed by atoms with Crippen LogP contribution in [0.2, 0.25) is 0 Å². The van der Waals surface area contributed by atoms with E-state index in [4.69, 9.17) is 5.73 Å². The molecular weight excluding hydrogens is 201 g/mol. The quantitative estimate of drug-likeness (QED) is 0.826. The van der Waals surface area contributed by atoms with Crippen LogP contribution in [0.4, 0.5) is 4.39 Å². The lowest BCUT2D eigenvalue weighted by Gasteiger charge is -2.18. The predicted molar refractivity (Wildman–Crippen MR) is 60.0 cm³/mol. The molecule has 0 aliphatic carbocycles. The zero-order chi connectivity index (χ0) is 9.84. The molecule has 1 nitrogen and oxygen atoms in total. The van der Waals surface area contributed by atoms with Crippen LogP contribution in [-0.2, 0) is 0 Å². The highest BCUT2D eigenvalue weighted by atomic mass is 35.5. The van der Waals surface area contributed by atoms with Crippen LogP contribution in [0, 0.1) is 11.7 Å². The van der Waals surface area contributed by atoms with Gasteiger partial charge in [-0.3, -0.25) is 0 Å². The summed E-state index contributed by atoms with van der Waals surface area (Å²) >= 11 is 0. The SMILES string of the molecule is CCC(C)[C@@H](N)c1ccccc1F.Cl. The van der Waals surface area contributed by atoms with Crippen molar-refractivity contribution < 1.29 is 4.39 Å². The molecule has 80 valence electrons. The summed E-state index contributed by atoms with van der Waals surface area (Å²) in [5.41, 5.74) is 6.53. The van der Waals surface area contributed by atoms with E-state index in [1.807, 2.05) is 13.0 Å². The van der Waals surface area contributed by atoms with Gasteiger partial charge in [0.25, 0.3) is 0 Å². The lowest BCUT2D eigenvalue weighted by Crippen LogP contribution is -2.19. The largest absolute Gasteiger partial charge is 0.324 e. The van der Waals surface area contributed by atoms with Crippen LogP contribution < -0.4 is 5.73 Å². The molecule has 0 aliphatic rings. The van der Waals surface area contributed by atoms with Crippen molar-refractivity contribution in [2.24, 2.45) is 11.7 Å². The van der Waals surface area contributed by atoms with Crippen LogP contribution in [0.1, 0.15) is 31.9 Å². The van der Waals surface area contributed by atoms with Crippen molar-refractivity contribution >= 4 is 12.4 Å². The molecule has 14 heavy (non-hydrogen) atoms. The van der Waals surface area contributed by atoms with Gasteiger partial charge in [-0.2, -0.15) is 0 Å². The average molecular weight is 218 g/mol. The van der Waals surface area contributed by atoms with Crippen molar-refractivity contribution in [2.75, 3.05) is 0 Å². The van der Waals surface area contributed by atoms with Crippen LogP contribution in [0.5, 0.6) is 0 Å². The highest BCUT2D eigenvalue weighted by molar-refractivity contribution is 5.85. The third-order valence-electron chi connectivity index (χ3n) is 2.52. The number of halogens is 2. The molecule has 0 radical (unpaired) electrons. The number of hydrogen-bond acceptors (Lipinski definition) is 1. The van der Waals surface area contributed by atoms with Crippen LogP contribution >= 0.6 is 12.4 Å². The fourth-order valence-electron chi connectivity index (χ4n) is 1.31. The molecule has 0 spiro atoms. The first-order chi connectivity index (χ1) is 6.16. The molecule has 0 heterocycles. The summed E-state index contributed by atoms with van der Waals surface area (Å²) < 4.78 is 13.3. The average Bonchev–Trinajstić information content (AvgIpc) is 2.16. The van der Waals surface area contributed by atoms with Gasteiger partial charge in [0.05, 0.1) is 0 Å². The fraction of sp³-hybridized carbons (Fsp3) is 0.455. The first kappa shape index (κ1) is 13.4. The third kappa shape index (κ3) is 2.96. The molecule has 0 aliphatic heterocycles. The van der Waals surface area contributed by atoms with Gasteiger partial charge in [0, 0.05) is 11.6 Å². The van der Waals surface area contributed by atoms with Gasteiger partial charge in [-0.1, -0.05) is 38.5 Å². The van der Waals surface area contributed by atoms with Crippen molar-refractivity contribution in [1.29, 1.82) is 0 Å². The van der Waals surface area contributed by atoms with Gasteiger partial charge in [0.2, 0.25) is 0 Å². The van der Waals surface area contributed by atoms with Crippen LogP contribution in [0.25, 0.3) is 0 Å². The number of hydrogen-bond donors (Lipinski definition) is 1. The maximum atomic E-state index is 13.3. The second-order valence-corrected chi connectivity index (χ2v) is 3.43. The predicted octanol–water partition coefficient (Wildman–Crippen LogP) is 3.29. The standard InChI is InChI=1S/C11H16FN.ClH/c1-3-8(2)11(13)9-6-4-5-7-10(9)12;/h4-8,11H,3,13H2,1-2H3;1H/t8?,11-;/m1./s1. The third-order valence-corrected chi connectivity index (χ3v) is 2.52. The molecule has 2 atom stereocenters. The minimum atomic E-state index is -0.199. The van der Waals surface area contributed by atoms with Crippen molar-refractivity contribution in [3.8, 4) is 0 Å². The molecular formula is C11H17ClFN. The molecule has 1 unspecified atom stereocenters. The summed E-state index contributed by atoms with van der Waals surface area (Å²) in [5, 5.41) is 0. The molecule has 0 saturated heterocycles. The first-order valence-electron chi connectivity index (χ1n) is 4.66. The molecule has 3 heteroatoms. The van der Waals surface area contributed by atoms with E-state index in [1.165, 1.54) is 6.07 Å². The smallest absolute Gasteiger partial charge is 0.127 e. The van der Waals surface area contributed by atoms with E-state index in [0.717, 1.165) is 6.42 Å². The van der Waals surface area contributed by atoms with Gasteiger partial charge in [0.1, 0.15) is 5.82 Å². The Morgan fingerprint density at radius 3 is 2.43 bits per heavy atom. The lowest BCUT2D eigenvalue weighted by molar-refractivity contribution is 0.439. The van der Waals surface area contributed by atoms with Gasteiger partial charge in [-0.05, 0) is 12.0 Å². The molecule has 1 rings (SSSR count). The van der Waals surface area contributed by atoms with E-state index in [2.05, 4.69) is 6.92 Å². The number of benzene rings is 1. The molecule has 0 saturated carbocycles. The number of rotatable bonds is 3. The summed E-state index contributed by atoms with van der Waals surface area (Å²) in [6.07, 6.45) is 0.968. The summed E-state index contributed by atoms with van der Waals surface area (Å²) in [5.74, 6) is 0.118. The Morgan fingerprint density at radius 2 is 1.93 bits per heavy atom. The highest BCUT2D eigenvalue weighted by Gasteiger charge is 2.15. The van der Waals surface area contributed by atoms with E-state index >= 15 is 0 Å². The maximum absolute atomic E-state index is 13.3. The molecule has 1 aromatic rings. The zero-order valence-corrected chi connectivity index (χ0v) is 9.35. The molecule has 2 N–H and O–H groups in total. The van der Waals surface area contributed by atoms with Crippen LogP contribution in [0.15, 0.2) is 24.3 Å². The zero-order valence-electron chi connectivity index (χ0n) is 8.53. The van der Waals surface area contributed by atoms with Crippen LogP contribution in [0.3, 0.4) is 0 Å². The normalized spacial score (nSPS) is 14.3. The van der Waals surface area contributed by atoms with Crippen molar-refractivity contribution in [3.63, 3.8) is 0 Å². The van der Waals surface area contributed by atoms with Gasteiger partial charge < -0.3 is 5.73 Å². The number of nitrogens with two attached hydrogens (primary N) is 1. The minimum absolute atomic E-state index is 0. The lowest BCUT2D eigenvalue weighted by atomic mass is 9.93. The maximum Gasteiger partial charge on any atom is 0.127 e. The molecule has 0 bridgehead atoms. The van der Waals surface area contributed by atoms with Crippen molar-refractivity contribution in [3.05, 3.63) is 35.6 Å². The van der Waals surface area contributed by atoms with E-state index in [9.17, 15) is 4.39 Å². The Morgan fingerprint density at radius 1 is 1.36 bits per heavy atom. The van der Waals surface area contributed by atoms with E-state index < -0.39 is 0 Å². The Hall–Kier alpha value is -0.600. The second kappa shape index (κ2) is 5.99. The monoisotopic (exact) mass is 217 g/mol. The summed E-state index contributed by atoms with van der Waals surface area (Å²) in [6.45, 7) is 4.10. The van der Waals surface area contributed by atoms with Crippen molar-refractivity contribution in [1.82, 2.24) is 0 Å². The van der Waals surface area contributed by atoms with Gasteiger partial charge in [0.15, 0.2) is 0 Å². The highest BCUT2D eigenvalue weighted by Crippen LogP contribution is 2.23. The molecule has 0 fully saturated rings. The first-order valence-corrected chi connectivity index (χ1v) is 4.66. The summed E-state index contributed by atoms with van der Waals surface area (Å²) in [4.78, 5) is 0. The Balaban J connectivity index is 0.00000169.